The van der Waals surface area contributed by atoms with Crippen molar-refractivity contribution in [3.8, 4) is 22.9 Å². The molecule has 0 amide bonds. The number of halogens is 1. The highest BCUT2D eigenvalue weighted by molar-refractivity contribution is 6.32. The van der Waals surface area contributed by atoms with E-state index in [9.17, 15) is 10.1 Å². The molecule has 0 atom stereocenters. The number of hydrogen-bond donors (Lipinski definition) is 0. The molecule has 0 spiro atoms. The van der Waals surface area contributed by atoms with Crippen LogP contribution in [-0.4, -0.2) is 11.2 Å². The number of pyridine rings is 1. The average Bonchev–Trinajstić information content (AvgIpc) is 3.43. The molecule has 2 aromatic rings. The number of benzene rings is 1. The van der Waals surface area contributed by atoms with Gasteiger partial charge in [0.15, 0.2) is 0 Å². The van der Waals surface area contributed by atoms with Gasteiger partial charge in [-0.25, -0.2) is 0 Å². The SMILES string of the molecule is CC(C)CCn1ccc(-c2ccc(OCC3CC3)c(Cl)c2)c(C#N)c1=O. The van der Waals surface area contributed by atoms with Crippen molar-refractivity contribution in [3.05, 3.63) is 51.4 Å². The van der Waals surface area contributed by atoms with Crippen LogP contribution in [0.1, 0.15) is 38.7 Å². The Balaban J connectivity index is 1.88. The minimum absolute atomic E-state index is 0.152. The number of aryl methyl sites for hydroxylation is 1. The van der Waals surface area contributed by atoms with E-state index in [2.05, 4.69) is 19.9 Å². The second-order valence-corrected chi connectivity index (χ2v) is 7.70. The van der Waals surface area contributed by atoms with Gasteiger partial charge in [-0.3, -0.25) is 4.79 Å². The van der Waals surface area contributed by atoms with Crippen molar-refractivity contribution < 1.29 is 4.74 Å². The van der Waals surface area contributed by atoms with E-state index in [0.717, 1.165) is 12.0 Å². The highest BCUT2D eigenvalue weighted by Crippen LogP contribution is 2.34. The summed E-state index contributed by atoms with van der Waals surface area (Å²) in [6.07, 6.45) is 5.08. The Labute approximate surface area is 159 Å². The van der Waals surface area contributed by atoms with E-state index in [4.69, 9.17) is 16.3 Å². The lowest BCUT2D eigenvalue weighted by atomic mass is 10.0. The van der Waals surface area contributed by atoms with Crippen molar-refractivity contribution >= 4 is 11.6 Å². The van der Waals surface area contributed by atoms with E-state index < -0.39 is 0 Å². The normalized spacial score (nSPS) is 13.7. The fourth-order valence-corrected chi connectivity index (χ4v) is 3.01. The monoisotopic (exact) mass is 370 g/mol. The van der Waals surface area contributed by atoms with E-state index in [1.54, 1.807) is 16.8 Å². The molecule has 1 fully saturated rings. The number of ether oxygens (including phenoxy) is 1. The predicted octanol–water partition coefficient (Wildman–Crippen LogP) is 4.88. The van der Waals surface area contributed by atoms with Gasteiger partial charge in [0.05, 0.1) is 11.6 Å². The molecule has 1 saturated carbocycles. The number of nitriles is 1. The van der Waals surface area contributed by atoms with Gasteiger partial charge >= 0.3 is 0 Å². The predicted molar refractivity (Wildman–Crippen MR) is 104 cm³/mol. The molecule has 1 aliphatic carbocycles. The quantitative estimate of drug-likeness (QED) is 0.698. The van der Waals surface area contributed by atoms with E-state index in [1.807, 2.05) is 18.2 Å². The molecule has 3 rings (SSSR count). The fraction of sp³-hybridized carbons (Fsp3) is 0.429. The first-order valence-electron chi connectivity index (χ1n) is 9.06. The zero-order valence-corrected chi connectivity index (χ0v) is 15.9. The van der Waals surface area contributed by atoms with Crippen LogP contribution in [0.25, 0.3) is 11.1 Å². The smallest absolute Gasteiger partial charge is 0.269 e. The summed E-state index contributed by atoms with van der Waals surface area (Å²) in [5.74, 6) is 1.79. The third-order valence-electron chi connectivity index (χ3n) is 4.64. The topological polar surface area (TPSA) is 55.0 Å². The molecule has 1 aliphatic rings. The molecule has 5 heteroatoms. The maximum absolute atomic E-state index is 12.6. The minimum atomic E-state index is -0.254. The van der Waals surface area contributed by atoms with Crippen molar-refractivity contribution in [2.24, 2.45) is 11.8 Å². The second-order valence-electron chi connectivity index (χ2n) is 7.30. The van der Waals surface area contributed by atoms with Crippen LogP contribution in [0.15, 0.2) is 35.3 Å². The van der Waals surface area contributed by atoms with Crippen LogP contribution in [0.2, 0.25) is 5.02 Å². The molecule has 0 bridgehead atoms. The summed E-state index contributed by atoms with van der Waals surface area (Å²) in [6, 6.07) is 9.30. The van der Waals surface area contributed by atoms with Crippen LogP contribution in [-0.2, 0) is 6.54 Å². The third kappa shape index (κ3) is 4.28. The Morgan fingerprint density at radius 1 is 1.35 bits per heavy atom. The Morgan fingerprint density at radius 3 is 2.73 bits per heavy atom. The molecule has 26 heavy (non-hydrogen) atoms. The minimum Gasteiger partial charge on any atom is -0.492 e. The van der Waals surface area contributed by atoms with Crippen molar-refractivity contribution in [3.63, 3.8) is 0 Å². The van der Waals surface area contributed by atoms with E-state index >= 15 is 0 Å². The summed E-state index contributed by atoms with van der Waals surface area (Å²) in [4.78, 5) is 12.6. The third-order valence-corrected chi connectivity index (χ3v) is 4.93. The van der Waals surface area contributed by atoms with Gasteiger partial charge in [-0.2, -0.15) is 5.26 Å². The number of rotatable bonds is 7. The van der Waals surface area contributed by atoms with Gasteiger partial charge in [0.1, 0.15) is 17.4 Å². The molecule has 1 heterocycles. The highest BCUT2D eigenvalue weighted by Gasteiger charge is 2.22. The molecule has 4 nitrogen and oxygen atoms in total. The summed E-state index contributed by atoms with van der Waals surface area (Å²) in [7, 11) is 0. The molecule has 0 unspecified atom stereocenters. The van der Waals surface area contributed by atoms with Gasteiger partial charge < -0.3 is 9.30 Å². The highest BCUT2D eigenvalue weighted by atomic mass is 35.5. The molecule has 136 valence electrons. The Morgan fingerprint density at radius 2 is 2.12 bits per heavy atom. The summed E-state index contributed by atoms with van der Waals surface area (Å²) in [5, 5.41) is 10.0. The van der Waals surface area contributed by atoms with E-state index in [0.29, 0.717) is 41.3 Å². The van der Waals surface area contributed by atoms with Crippen LogP contribution in [0.3, 0.4) is 0 Å². The van der Waals surface area contributed by atoms with Gasteiger partial charge in [-0.15, -0.1) is 0 Å². The van der Waals surface area contributed by atoms with Crippen molar-refractivity contribution in [1.29, 1.82) is 5.26 Å². The first-order valence-corrected chi connectivity index (χ1v) is 9.43. The Bertz CT molecular complexity index is 892. The molecular formula is C21H23ClN2O2. The molecule has 0 N–H and O–H groups in total. The fourth-order valence-electron chi connectivity index (χ4n) is 2.77. The van der Waals surface area contributed by atoms with E-state index in [1.165, 1.54) is 12.8 Å². The van der Waals surface area contributed by atoms with Crippen molar-refractivity contribution in [2.45, 2.75) is 39.7 Å². The van der Waals surface area contributed by atoms with Crippen LogP contribution in [0, 0.1) is 23.2 Å². The number of hydrogen-bond acceptors (Lipinski definition) is 3. The van der Waals surface area contributed by atoms with Crippen LogP contribution in [0.4, 0.5) is 0 Å². The first-order chi connectivity index (χ1) is 12.5. The van der Waals surface area contributed by atoms with Crippen LogP contribution in [0.5, 0.6) is 5.75 Å². The van der Waals surface area contributed by atoms with Gasteiger partial charge in [0.2, 0.25) is 0 Å². The molecule has 0 saturated heterocycles. The molecule has 0 radical (unpaired) electrons. The number of aromatic nitrogens is 1. The zero-order chi connectivity index (χ0) is 18.7. The summed E-state index contributed by atoms with van der Waals surface area (Å²) in [5.41, 5.74) is 1.25. The molecule has 1 aromatic carbocycles. The first kappa shape index (κ1) is 18.5. The Kier molecular flexibility index (Phi) is 5.68. The van der Waals surface area contributed by atoms with Gasteiger partial charge in [0, 0.05) is 18.3 Å². The van der Waals surface area contributed by atoms with E-state index in [-0.39, 0.29) is 11.1 Å². The lowest BCUT2D eigenvalue weighted by molar-refractivity contribution is 0.300. The molecule has 0 aliphatic heterocycles. The lowest BCUT2D eigenvalue weighted by Gasteiger charge is -2.12. The lowest BCUT2D eigenvalue weighted by Crippen LogP contribution is -2.23. The van der Waals surface area contributed by atoms with Gasteiger partial charge in [0.25, 0.3) is 5.56 Å². The van der Waals surface area contributed by atoms with Crippen LogP contribution < -0.4 is 10.3 Å². The Hall–Kier alpha value is -2.25. The summed E-state index contributed by atoms with van der Waals surface area (Å²) >= 11 is 6.34. The summed E-state index contributed by atoms with van der Waals surface area (Å²) in [6.45, 7) is 5.52. The molecule has 1 aromatic heterocycles. The molecular weight excluding hydrogens is 348 g/mol. The maximum atomic E-state index is 12.6. The maximum Gasteiger partial charge on any atom is 0.269 e. The van der Waals surface area contributed by atoms with Gasteiger partial charge in [-0.1, -0.05) is 31.5 Å². The number of nitrogens with zero attached hydrogens (tertiary/aromatic N) is 2. The largest absolute Gasteiger partial charge is 0.492 e. The van der Waals surface area contributed by atoms with Crippen LogP contribution >= 0.6 is 11.6 Å². The van der Waals surface area contributed by atoms with Crippen molar-refractivity contribution in [2.75, 3.05) is 6.61 Å². The zero-order valence-electron chi connectivity index (χ0n) is 15.2. The van der Waals surface area contributed by atoms with Gasteiger partial charge in [-0.05, 0) is 54.9 Å². The van der Waals surface area contributed by atoms with Crippen molar-refractivity contribution in [1.82, 2.24) is 4.57 Å². The summed E-state index contributed by atoms with van der Waals surface area (Å²) < 4.78 is 7.35. The second kappa shape index (κ2) is 7.97. The standard InChI is InChI=1S/C21H23ClN2O2/c1-14(2)7-9-24-10-8-17(18(12-23)21(24)25)16-5-6-20(19(22)11-16)26-13-15-3-4-15/h5-6,8,10-11,14-15H,3-4,7,9,13H2,1-2H3. The average molecular weight is 371 g/mol.